The molecular formula is C14H19N5OS. The van der Waals surface area contributed by atoms with Crippen molar-refractivity contribution in [1.82, 2.24) is 25.4 Å². The minimum absolute atomic E-state index is 0.0583. The number of carbonyl (C=O) groups is 1. The molecule has 0 radical (unpaired) electrons. The Morgan fingerprint density at radius 3 is 3.00 bits per heavy atom. The second-order valence-corrected chi connectivity index (χ2v) is 5.94. The first-order chi connectivity index (χ1) is 10.3. The van der Waals surface area contributed by atoms with Gasteiger partial charge in [0.15, 0.2) is 0 Å². The van der Waals surface area contributed by atoms with E-state index in [1.807, 2.05) is 27.8 Å². The predicted molar refractivity (Wildman–Crippen MR) is 81.1 cm³/mol. The van der Waals surface area contributed by atoms with Crippen molar-refractivity contribution in [2.75, 3.05) is 19.6 Å². The number of nitrogens with one attached hydrogen (secondary N) is 2. The highest BCUT2D eigenvalue weighted by Crippen LogP contribution is 2.27. The van der Waals surface area contributed by atoms with Gasteiger partial charge < -0.3 is 10.6 Å². The molecule has 0 saturated carbocycles. The summed E-state index contributed by atoms with van der Waals surface area (Å²) in [5, 5.41) is 12.7. The van der Waals surface area contributed by atoms with Crippen LogP contribution in [0.5, 0.6) is 0 Å². The molecule has 0 aromatic carbocycles. The molecule has 6 nitrogen and oxygen atoms in total. The van der Waals surface area contributed by atoms with Gasteiger partial charge in [-0.15, -0.1) is 11.3 Å². The fourth-order valence-electron chi connectivity index (χ4n) is 2.75. The van der Waals surface area contributed by atoms with Crippen LogP contribution >= 0.6 is 11.3 Å². The Hall–Kier alpha value is -1.73. The van der Waals surface area contributed by atoms with E-state index in [-0.39, 0.29) is 5.91 Å². The van der Waals surface area contributed by atoms with Crippen LogP contribution in [0.25, 0.3) is 0 Å². The molecule has 7 heteroatoms. The van der Waals surface area contributed by atoms with Crippen molar-refractivity contribution in [1.29, 1.82) is 0 Å². The average molecular weight is 305 g/mol. The number of hydrogen-bond acceptors (Lipinski definition) is 5. The average Bonchev–Trinajstić information content (AvgIpc) is 3.21. The molecule has 1 amide bonds. The summed E-state index contributed by atoms with van der Waals surface area (Å²) in [7, 11) is 0. The van der Waals surface area contributed by atoms with Crippen LogP contribution in [0.3, 0.4) is 0 Å². The van der Waals surface area contributed by atoms with Crippen LogP contribution in [0.4, 0.5) is 0 Å². The van der Waals surface area contributed by atoms with Gasteiger partial charge in [0.1, 0.15) is 5.54 Å². The lowest BCUT2D eigenvalue weighted by atomic mass is 9.87. The Kier molecular flexibility index (Phi) is 4.31. The third-order valence-corrected chi connectivity index (χ3v) is 4.58. The third kappa shape index (κ3) is 2.98. The van der Waals surface area contributed by atoms with E-state index in [4.69, 9.17) is 0 Å². The molecular weight excluding hydrogens is 286 g/mol. The fraction of sp³-hybridized carbons (Fsp3) is 0.500. The summed E-state index contributed by atoms with van der Waals surface area (Å²) < 4.78 is 1.81. The zero-order chi connectivity index (χ0) is 14.5. The number of aromatic nitrogens is 3. The van der Waals surface area contributed by atoms with E-state index >= 15 is 0 Å². The molecule has 3 rings (SSSR count). The van der Waals surface area contributed by atoms with Gasteiger partial charge in [-0.3, -0.25) is 9.48 Å². The highest BCUT2D eigenvalue weighted by atomic mass is 32.1. The lowest BCUT2D eigenvalue weighted by Gasteiger charge is -2.36. The molecule has 0 unspecified atom stereocenters. The second-order valence-electron chi connectivity index (χ2n) is 5.22. The summed E-state index contributed by atoms with van der Waals surface area (Å²) in [6.07, 6.45) is 5.90. The van der Waals surface area contributed by atoms with Gasteiger partial charge in [-0.05, 0) is 32.0 Å². The zero-order valence-electron chi connectivity index (χ0n) is 11.8. The minimum Gasteiger partial charge on any atom is -0.354 e. The summed E-state index contributed by atoms with van der Waals surface area (Å²) in [6.45, 7) is 2.28. The Balaban J connectivity index is 1.66. The normalized spacial score (nSPS) is 17.5. The van der Waals surface area contributed by atoms with Gasteiger partial charge in [0.2, 0.25) is 5.91 Å². The molecule has 2 aromatic heterocycles. The van der Waals surface area contributed by atoms with E-state index in [0.29, 0.717) is 6.54 Å². The van der Waals surface area contributed by atoms with Gasteiger partial charge >= 0.3 is 0 Å². The SMILES string of the molecule is O=C(NCCc1cscn1)C1(n2cccn2)CCNCC1. The number of rotatable bonds is 5. The van der Waals surface area contributed by atoms with Crippen molar-refractivity contribution >= 4 is 17.2 Å². The van der Waals surface area contributed by atoms with Gasteiger partial charge in [0.25, 0.3) is 0 Å². The van der Waals surface area contributed by atoms with Gasteiger partial charge in [0.05, 0.1) is 11.2 Å². The quantitative estimate of drug-likeness (QED) is 0.856. The summed E-state index contributed by atoms with van der Waals surface area (Å²) >= 11 is 1.58. The van der Waals surface area contributed by atoms with E-state index in [2.05, 4.69) is 20.7 Å². The molecule has 0 atom stereocenters. The number of carbonyl (C=O) groups excluding carboxylic acids is 1. The standard InChI is InChI=1S/C14H19N5OS/c20-13(16-6-2-12-10-21-11-17-12)14(3-7-15-8-4-14)19-9-1-5-18-19/h1,5,9-11,15H,2-4,6-8H2,(H,16,20). The van der Waals surface area contributed by atoms with Gasteiger partial charge in [-0.25, -0.2) is 4.98 Å². The van der Waals surface area contributed by atoms with Crippen LogP contribution in [0.1, 0.15) is 18.5 Å². The molecule has 2 aromatic rings. The Morgan fingerprint density at radius 1 is 1.48 bits per heavy atom. The fourth-order valence-corrected chi connectivity index (χ4v) is 3.35. The van der Waals surface area contributed by atoms with Crippen LogP contribution in [0.2, 0.25) is 0 Å². The molecule has 3 heterocycles. The second kappa shape index (κ2) is 6.36. The van der Waals surface area contributed by atoms with Crippen LogP contribution in [-0.2, 0) is 16.8 Å². The third-order valence-electron chi connectivity index (χ3n) is 3.95. The first-order valence-corrected chi connectivity index (χ1v) is 8.12. The highest BCUT2D eigenvalue weighted by molar-refractivity contribution is 7.07. The van der Waals surface area contributed by atoms with Gasteiger partial charge in [-0.1, -0.05) is 0 Å². The zero-order valence-corrected chi connectivity index (χ0v) is 12.6. The van der Waals surface area contributed by atoms with Crippen molar-refractivity contribution in [3.8, 4) is 0 Å². The molecule has 0 bridgehead atoms. The minimum atomic E-state index is -0.559. The molecule has 1 aliphatic rings. The van der Waals surface area contributed by atoms with E-state index in [1.165, 1.54) is 0 Å². The van der Waals surface area contributed by atoms with Crippen molar-refractivity contribution in [2.24, 2.45) is 0 Å². The first-order valence-electron chi connectivity index (χ1n) is 7.17. The van der Waals surface area contributed by atoms with E-state index in [0.717, 1.165) is 38.0 Å². The topological polar surface area (TPSA) is 71.8 Å². The number of hydrogen-bond donors (Lipinski definition) is 2. The van der Waals surface area contributed by atoms with Crippen LogP contribution in [0.15, 0.2) is 29.4 Å². The van der Waals surface area contributed by atoms with Crippen LogP contribution in [0, 0.1) is 0 Å². The Bertz CT molecular complexity index is 560. The number of thiazole rings is 1. The van der Waals surface area contributed by atoms with Gasteiger partial charge in [-0.2, -0.15) is 5.10 Å². The van der Waals surface area contributed by atoms with Crippen molar-refractivity contribution in [3.63, 3.8) is 0 Å². The van der Waals surface area contributed by atoms with Crippen molar-refractivity contribution in [3.05, 3.63) is 35.0 Å². The molecule has 1 aliphatic heterocycles. The molecule has 1 fully saturated rings. The van der Waals surface area contributed by atoms with Crippen LogP contribution in [-0.4, -0.2) is 40.3 Å². The summed E-state index contributed by atoms with van der Waals surface area (Å²) in [6, 6.07) is 1.87. The molecule has 0 aliphatic carbocycles. The molecule has 0 spiro atoms. The summed E-state index contributed by atoms with van der Waals surface area (Å²) in [5.41, 5.74) is 2.28. The molecule has 2 N–H and O–H groups in total. The van der Waals surface area contributed by atoms with Crippen molar-refractivity contribution < 1.29 is 4.79 Å². The number of piperidine rings is 1. The maximum Gasteiger partial charge on any atom is 0.248 e. The summed E-state index contributed by atoms with van der Waals surface area (Å²) in [5.74, 6) is 0.0583. The molecule has 112 valence electrons. The summed E-state index contributed by atoms with van der Waals surface area (Å²) in [4.78, 5) is 17.0. The smallest absolute Gasteiger partial charge is 0.248 e. The van der Waals surface area contributed by atoms with E-state index in [1.54, 1.807) is 17.5 Å². The largest absolute Gasteiger partial charge is 0.354 e. The Morgan fingerprint density at radius 2 is 2.33 bits per heavy atom. The number of nitrogens with zero attached hydrogens (tertiary/aromatic N) is 3. The maximum absolute atomic E-state index is 12.7. The number of amides is 1. The van der Waals surface area contributed by atoms with Crippen LogP contribution < -0.4 is 10.6 Å². The monoisotopic (exact) mass is 305 g/mol. The maximum atomic E-state index is 12.7. The van der Waals surface area contributed by atoms with Crippen molar-refractivity contribution in [2.45, 2.75) is 24.8 Å². The van der Waals surface area contributed by atoms with Gasteiger partial charge in [0, 0.05) is 30.7 Å². The lowest BCUT2D eigenvalue weighted by molar-refractivity contribution is -0.131. The Labute approximate surface area is 127 Å². The highest BCUT2D eigenvalue weighted by Gasteiger charge is 2.41. The predicted octanol–water partition coefficient (Wildman–Crippen LogP) is 0.777. The van der Waals surface area contributed by atoms with E-state index < -0.39 is 5.54 Å². The lowest BCUT2D eigenvalue weighted by Crippen LogP contribution is -2.54. The van der Waals surface area contributed by atoms with E-state index in [9.17, 15) is 4.79 Å². The molecule has 1 saturated heterocycles. The first kappa shape index (κ1) is 14.2. The molecule has 21 heavy (non-hydrogen) atoms.